The zero-order valence-corrected chi connectivity index (χ0v) is 12.7. The SMILES string of the molecule is CC(=O)NC1C(O)CC(C(=O)O)OC1C(O)C(O)COC(C)=O. The number of ether oxygens (including phenoxy) is 2. The standard InChI is InChI=1S/C13H21NO9/c1-5(15)14-10-7(17)3-9(13(20)21)23-12(10)11(19)8(18)4-22-6(2)16/h7-12,17-19H,3-4H2,1-2H3,(H,14,15)(H,20,21). The third-order valence-corrected chi connectivity index (χ3v) is 3.38. The first-order valence-corrected chi connectivity index (χ1v) is 6.96. The molecule has 1 amide bonds. The van der Waals surface area contributed by atoms with Gasteiger partial charge in [0.25, 0.3) is 0 Å². The lowest BCUT2D eigenvalue weighted by Crippen LogP contribution is -2.63. The van der Waals surface area contributed by atoms with E-state index in [1.54, 1.807) is 0 Å². The number of carbonyl (C=O) groups is 3. The minimum atomic E-state index is -1.69. The number of carbonyl (C=O) groups excluding carboxylic acids is 2. The molecule has 1 aliphatic heterocycles. The van der Waals surface area contributed by atoms with E-state index in [1.807, 2.05) is 0 Å². The highest BCUT2D eigenvalue weighted by molar-refractivity contribution is 5.74. The molecular formula is C13H21NO9. The first-order valence-electron chi connectivity index (χ1n) is 6.96. The lowest BCUT2D eigenvalue weighted by molar-refractivity contribution is -0.197. The molecule has 0 aromatic heterocycles. The quantitative estimate of drug-likeness (QED) is 0.327. The Morgan fingerprint density at radius 2 is 1.91 bits per heavy atom. The summed E-state index contributed by atoms with van der Waals surface area (Å²) in [7, 11) is 0. The summed E-state index contributed by atoms with van der Waals surface area (Å²) in [5.74, 6) is -2.56. The van der Waals surface area contributed by atoms with Gasteiger partial charge in [0.05, 0.1) is 12.1 Å². The molecule has 0 aliphatic carbocycles. The highest BCUT2D eigenvalue weighted by Gasteiger charge is 2.46. The topological polar surface area (TPSA) is 163 Å². The zero-order valence-electron chi connectivity index (χ0n) is 12.7. The normalized spacial score (nSPS) is 30.1. The van der Waals surface area contributed by atoms with E-state index in [9.17, 15) is 29.7 Å². The predicted molar refractivity (Wildman–Crippen MR) is 73.2 cm³/mol. The van der Waals surface area contributed by atoms with E-state index in [0.29, 0.717) is 0 Å². The largest absolute Gasteiger partial charge is 0.479 e. The van der Waals surface area contributed by atoms with Crippen LogP contribution in [0, 0.1) is 0 Å². The maximum Gasteiger partial charge on any atom is 0.332 e. The van der Waals surface area contributed by atoms with Gasteiger partial charge in [-0.1, -0.05) is 0 Å². The van der Waals surface area contributed by atoms with Crippen LogP contribution in [-0.4, -0.2) is 81.4 Å². The van der Waals surface area contributed by atoms with Crippen molar-refractivity contribution in [3.05, 3.63) is 0 Å². The molecule has 0 saturated carbocycles. The zero-order chi connectivity index (χ0) is 17.7. The van der Waals surface area contributed by atoms with Crippen LogP contribution in [-0.2, 0) is 23.9 Å². The molecule has 1 heterocycles. The number of carboxylic acid groups (broad SMARTS) is 1. The van der Waals surface area contributed by atoms with Gasteiger partial charge in [-0.15, -0.1) is 0 Å². The first kappa shape index (κ1) is 19.3. The Morgan fingerprint density at radius 1 is 1.30 bits per heavy atom. The minimum Gasteiger partial charge on any atom is -0.479 e. The van der Waals surface area contributed by atoms with Crippen LogP contribution < -0.4 is 5.32 Å². The van der Waals surface area contributed by atoms with Crippen LogP contribution in [0.1, 0.15) is 20.3 Å². The minimum absolute atomic E-state index is 0.288. The first-order chi connectivity index (χ1) is 10.6. The fourth-order valence-electron chi connectivity index (χ4n) is 2.30. The van der Waals surface area contributed by atoms with Gasteiger partial charge in [0, 0.05) is 20.3 Å². The summed E-state index contributed by atoms with van der Waals surface area (Å²) in [6, 6.07) is -1.12. The van der Waals surface area contributed by atoms with Crippen LogP contribution in [0.5, 0.6) is 0 Å². The number of rotatable bonds is 6. The van der Waals surface area contributed by atoms with E-state index in [2.05, 4.69) is 10.1 Å². The number of carboxylic acids is 1. The van der Waals surface area contributed by atoms with Gasteiger partial charge in [0.1, 0.15) is 24.9 Å². The molecule has 5 N–H and O–H groups in total. The van der Waals surface area contributed by atoms with Gasteiger partial charge in [-0.3, -0.25) is 9.59 Å². The van der Waals surface area contributed by atoms with E-state index in [1.165, 1.54) is 6.92 Å². The van der Waals surface area contributed by atoms with Crippen molar-refractivity contribution in [2.45, 2.75) is 56.8 Å². The van der Waals surface area contributed by atoms with E-state index in [4.69, 9.17) is 9.84 Å². The van der Waals surface area contributed by atoms with Crippen LogP contribution in [0.25, 0.3) is 0 Å². The fourth-order valence-corrected chi connectivity index (χ4v) is 2.30. The molecule has 0 spiro atoms. The third-order valence-electron chi connectivity index (χ3n) is 3.38. The van der Waals surface area contributed by atoms with Gasteiger partial charge in [0.15, 0.2) is 6.10 Å². The molecule has 1 fully saturated rings. The lowest BCUT2D eigenvalue weighted by Gasteiger charge is -2.41. The average molecular weight is 335 g/mol. The number of aliphatic carboxylic acids is 1. The molecular weight excluding hydrogens is 314 g/mol. The Balaban J connectivity index is 2.90. The third kappa shape index (κ3) is 5.43. The van der Waals surface area contributed by atoms with Gasteiger partial charge in [-0.2, -0.15) is 0 Å². The highest BCUT2D eigenvalue weighted by Crippen LogP contribution is 2.24. The summed E-state index contributed by atoms with van der Waals surface area (Å²) >= 11 is 0. The van der Waals surface area contributed by atoms with Crippen molar-refractivity contribution < 1.29 is 44.3 Å². The van der Waals surface area contributed by atoms with Crippen LogP contribution in [0.3, 0.4) is 0 Å². The number of nitrogens with one attached hydrogen (secondary N) is 1. The summed E-state index contributed by atoms with van der Waals surface area (Å²) in [6.45, 7) is 1.74. The number of aliphatic hydroxyl groups is 3. The van der Waals surface area contributed by atoms with Crippen LogP contribution in [0.2, 0.25) is 0 Å². The Labute approximate surface area is 132 Å². The van der Waals surface area contributed by atoms with Gasteiger partial charge < -0.3 is 35.2 Å². The summed E-state index contributed by atoms with van der Waals surface area (Å²) in [6.07, 6.45) is -7.66. The Morgan fingerprint density at radius 3 is 2.39 bits per heavy atom. The monoisotopic (exact) mass is 335 g/mol. The molecule has 10 nitrogen and oxygen atoms in total. The highest BCUT2D eigenvalue weighted by atomic mass is 16.6. The van der Waals surface area contributed by atoms with Crippen LogP contribution in [0.15, 0.2) is 0 Å². The average Bonchev–Trinajstić information content (AvgIpc) is 2.45. The van der Waals surface area contributed by atoms with Gasteiger partial charge in [0.2, 0.25) is 5.91 Å². The molecule has 132 valence electrons. The maximum atomic E-state index is 11.2. The second-order valence-electron chi connectivity index (χ2n) is 5.32. The number of aliphatic hydroxyl groups excluding tert-OH is 3. The van der Waals surface area contributed by atoms with Gasteiger partial charge >= 0.3 is 11.9 Å². The summed E-state index contributed by atoms with van der Waals surface area (Å²) < 4.78 is 9.76. The Kier molecular flexibility index (Phi) is 6.88. The Hall–Kier alpha value is -1.75. The number of amides is 1. The van der Waals surface area contributed by atoms with Crippen molar-refractivity contribution in [1.82, 2.24) is 5.32 Å². The van der Waals surface area contributed by atoms with Gasteiger partial charge in [-0.25, -0.2) is 4.79 Å². The van der Waals surface area contributed by atoms with Crippen molar-refractivity contribution in [3.63, 3.8) is 0 Å². The smallest absolute Gasteiger partial charge is 0.332 e. The molecule has 0 radical (unpaired) electrons. The predicted octanol–water partition coefficient (Wildman–Crippen LogP) is -2.62. The molecule has 6 atom stereocenters. The summed E-state index contributed by atoms with van der Waals surface area (Å²) in [5.41, 5.74) is 0. The molecule has 1 aliphatic rings. The summed E-state index contributed by atoms with van der Waals surface area (Å²) in [5, 5.41) is 41.3. The van der Waals surface area contributed by atoms with E-state index >= 15 is 0 Å². The second-order valence-corrected chi connectivity index (χ2v) is 5.32. The van der Waals surface area contributed by atoms with E-state index < -0.39 is 61.0 Å². The van der Waals surface area contributed by atoms with Crippen molar-refractivity contribution in [2.75, 3.05) is 6.61 Å². The molecule has 1 rings (SSSR count). The molecule has 10 heteroatoms. The van der Waals surface area contributed by atoms with Gasteiger partial charge in [-0.05, 0) is 0 Å². The molecule has 0 bridgehead atoms. The molecule has 6 unspecified atom stereocenters. The van der Waals surface area contributed by atoms with E-state index in [0.717, 1.165) is 6.92 Å². The van der Waals surface area contributed by atoms with Crippen LogP contribution in [0.4, 0.5) is 0 Å². The lowest BCUT2D eigenvalue weighted by atomic mass is 9.90. The maximum absolute atomic E-state index is 11.2. The van der Waals surface area contributed by atoms with Crippen molar-refractivity contribution >= 4 is 17.8 Å². The van der Waals surface area contributed by atoms with E-state index in [-0.39, 0.29) is 6.42 Å². The molecule has 23 heavy (non-hydrogen) atoms. The van der Waals surface area contributed by atoms with Crippen molar-refractivity contribution in [3.8, 4) is 0 Å². The summed E-state index contributed by atoms with van der Waals surface area (Å²) in [4.78, 5) is 33.0. The molecule has 0 aromatic rings. The van der Waals surface area contributed by atoms with Crippen molar-refractivity contribution in [1.29, 1.82) is 0 Å². The molecule has 0 aromatic carbocycles. The van der Waals surface area contributed by atoms with Crippen molar-refractivity contribution in [2.24, 2.45) is 0 Å². The number of hydrogen-bond donors (Lipinski definition) is 5. The number of hydrogen-bond acceptors (Lipinski definition) is 8. The second kappa shape index (κ2) is 8.20. The number of esters is 1. The van der Waals surface area contributed by atoms with Crippen LogP contribution >= 0.6 is 0 Å². The Bertz CT molecular complexity index is 455. The molecule has 1 saturated heterocycles. The fraction of sp³-hybridized carbons (Fsp3) is 0.769.